The van der Waals surface area contributed by atoms with E-state index in [4.69, 9.17) is 0 Å². The van der Waals surface area contributed by atoms with Crippen LogP contribution in [0.1, 0.15) is 0 Å². The van der Waals surface area contributed by atoms with Crippen LogP contribution in [0.15, 0.2) is 35.4 Å². The first-order valence-corrected chi connectivity index (χ1v) is 5.49. The fourth-order valence-corrected chi connectivity index (χ4v) is 2.33. The van der Waals surface area contributed by atoms with Crippen molar-refractivity contribution in [2.75, 3.05) is 0 Å². The average Bonchev–Trinajstić information content (AvgIpc) is 2.60. The molecule has 1 aromatic carbocycles. The topological polar surface area (TPSA) is 50.2 Å². The molecule has 0 unspecified atom stereocenters. The molecule has 1 N–H and O–H groups in total. The molecular formula is C10H6IN3O. The molecule has 0 fully saturated rings. The minimum Gasteiger partial charge on any atom is -0.310 e. The van der Waals surface area contributed by atoms with Gasteiger partial charge in [0, 0.05) is 8.96 Å². The monoisotopic (exact) mass is 311 g/mol. The van der Waals surface area contributed by atoms with Gasteiger partial charge in [-0.2, -0.15) is 5.10 Å². The molecule has 0 radical (unpaired) electrons. The molecule has 15 heavy (non-hydrogen) atoms. The molecule has 4 nitrogen and oxygen atoms in total. The maximum atomic E-state index is 11.5. The number of aromatic amines is 1. The van der Waals surface area contributed by atoms with Gasteiger partial charge in [-0.15, -0.1) is 0 Å². The SMILES string of the molecule is O=c1[nH]cnn2c1cc1c(I)cccc12. The highest BCUT2D eigenvalue weighted by Crippen LogP contribution is 2.22. The van der Waals surface area contributed by atoms with Gasteiger partial charge in [-0.25, -0.2) is 4.52 Å². The Labute approximate surface area is 98.1 Å². The molecule has 3 aromatic rings. The Kier molecular flexibility index (Phi) is 1.82. The van der Waals surface area contributed by atoms with Crippen LogP contribution in [-0.2, 0) is 0 Å². The third-order valence-corrected chi connectivity index (χ3v) is 3.31. The Morgan fingerprint density at radius 1 is 1.33 bits per heavy atom. The quantitative estimate of drug-likeness (QED) is 0.644. The molecule has 0 bridgehead atoms. The van der Waals surface area contributed by atoms with Crippen molar-refractivity contribution in [1.29, 1.82) is 0 Å². The first kappa shape index (κ1) is 8.90. The number of aromatic nitrogens is 3. The number of H-pyrrole nitrogens is 1. The van der Waals surface area contributed by atoms with Crippen LogP contribution in [0, 0.1) is 3.57 Å². The van der Waals surface area contributed by atoms with Gasteiger partial charge in [0.1, 0.15) is 11.8 Å². The van der Waals surface area contributed by atoms with E-state index in [9.17, 15) is 4.79 Å². The van der Waals surface area contributed by atoms with Gasteiger partial charge >= 0.3 is 0 Å². The second-order valence-electron chi connectivity index (χ2n) is 3.23. The molecule has 74 valence electrons. The first-order valence-electron chi connectivity index (χ1n) is 4.41. The summed E-state index contributed by atoms with van der Waals surface area (Å²) < 4.78 is 2.78. The van der Waals surface area contributed by atoms with E-state index in [1.54, 1.807) is 4.52 Å². The second kappa shape index (κ2) is 3.06. The molecule has 0 saturated heterocycles. The molecule has 0 aliphatic rings. The van der Waals surface area contributed by atoms with E-state index in [1.807, 2.05) is 24.3 Å². The molecule has 0 atom stereocenters. The number of hydrogen-bond acceptors (Lipinski definition) is 2. The van der Waals surface area contributed by atoms with Crippen molar-refractivity contribution < 1.29 is 0 Å². The summed E-state index contributed by atoms with van der Waals surface area (Å²) in [4.78, 5) is 14.1. The van der Waals surface area contributed by atoms with Gasteiger partial charge in [-0.1, -0.05) is 6.07 Å². The smallest absolute Gasteiger partial charge is 0.275 e. The third kappa shape index (κ3) is 1.19. The van der Waals surface area contributed by atoms with Crippen LogP contribution < -0.4 is 5.56 Å². The highest BCUT2D eigenvalue weighted by Gasteiger charge is 2.07. The van der Waals surface area contributed by atoms with Gasteiger partial charge in [0.15, 0.2) is 0 Å². The molecule has 2 heterocycles. The van der Waals surface area contributed by atoms with Gasteiger partial charge in [0.2, 0.25) is 0 Å². The second-order valence-corrected chi connectivity index (χ2v) is 4.39. The number of nitrogens with zero attached hydrogens (tertiary/aromatic N) is 2. The highest BCUT2D eigenvalue weighted by atomic mass is 127. The van der Waals surface area contributed by atoms with E-state index >= 15 is 0 Å². The van der Waals surface area contributed by atoms with Crippen LogP contribution in [-0.4, -0.2) is 14.6 Å². The summed E-state index contributed by atoms with van der Waals surface area (Å²) in [6, 6.07) is 7.79. The summed E-state index contributed by atoms with van der Waals surface area (Å²) in [5, 5.41) is 5.19. The number of fused-ring (bicyclic) bond motifs is 3. The molecule has 0 spiro atoms. The highest BCUT2D eigenvalue weighted by molar-refractivity contribution is 14.1. The molecular weight excluding hydrogens is 305 g/mol. The Bertz CT molecular complexity index is 713. The lowest BCUT2D eigenvalue weighted by Gasteiger charge is -1.94. The van der Waals surface area contributed by atoms with Crippen molar-refractivity contribution in [3.63, 3.8) is 0 Å². The Balaban J connectivity index is 2.69. The van der Waals surface area contributed by atoms with Crippen LogP contribution in [0.2, 0.25) is 0 Å². The molecule has 0 amide bonds. The number of hydrogen-bond donors (Lipinski definition) is 1. The van der Waals surface area contributed by atoms with E-state index in [1.165, 1.54) is 6.33 Å². The van der Waals surface area contributed by atoms with Crippen molar-refractivity contribution in [2.24, 2.45) is 0 Å². The zero-order chi connectivity index (χ0) is 10.4. The van der Waals surface area contributed by atoms with Crippen LogP contribution in [0.25, 0.3) is 16.4 Å². The van der Waals surface area contributed by atoms with Crippen molar-refractivity contribution in [1.82, 2.24) is 14.6 Å². The molecule has 2 aromatic heterocycles. The van der Waals surface area contributed by atoms with Crippen LogP contribution in [0.4, 0.5) is 0 Å². The summed E-state index contributed by atoms with van der Waals surface area (Å²) >= 11 is 2.25. The van der Waals surface area contributed by atoms with E-state index in [-0.39, 0.29) is 5.56 Å². The average molecular weight is 311 g/mol. The van der Waals surface area contributed by atoms with Crippen LogP contribution in [0.5, 0.6) is 0 Å². The van der Waals surface area contributed by atoms with Gasteiger partial charge in [0.25, 0.3) is 5.56 Å². The van der Waals surface area contributed by atoms with Gasteiger partial charge in [-0.3, -0.25) is 4.79 Å². The largest absolute Gasteiger partial charge is 0.310 e. The number of benzene rings is 1. The fraction of sp³-hybridized carbons (Fsp3) is 0. The Morgan fingerprint density at radius 2 is 2.20 bits per heavy atom. The molecule has 0 aliphatic heterocycles. The van der Waals surface area contributed by atoms with Gasteiger partial charge in [0.05, 0.1) is 5.52 Å². The van der Waals surface area contributed by atoms with Crippen LogP contribution >= 0.6 is 22.6 Å². The van der Waals surface area contributed by atoms with Gasteiger partial charge < -0.3 is 4.98 Å². The predicted octanol–water partition coefficient (Wildman–Crippen LogP) is 1.78. The van der Waals surface area contributed by atoms with Crippen molar-refractivity contribution in [3.8, 4) is 0 Å². The maximum absolute atomic E-state index is 11.5. The normalized spacial score (nSPS) is 11.3. The van der Waals surface area contributed by atoms with Crippen molar-refractivity contribution >= 4 is 39.0 Å². The van der Waals surface area contributed by atoms with E-state index in [0.717, 1.165) is 14.5 Å². The summed E-state index contributed by atoms with van der Waals surface area (Å²) in [7, 11) is 0. The van der Waals surface area contributed by atoms with E-state index < -0.39 is 0 Å². The summed E-state index contributed by atoms with van der Waals surface area (Å²) in [6.45, 7) is 0. The Morgan fingerprint density at radius 3 is 3.07 bits per heavy atom. The standard InChI is InChI=1S/C10H6IN3O/c11-7-2-1-3-8-6(7)4-9-10(15)12-5-13-14(8)9/h1-5H,(H,12,13,15). The maximum Gasteiger partial charge on any atom is 0.275 e. The van der Waals surface area contributed by atoms with Crippen molar-refractivity contribution in [2.45, 2.75) is 0 Å². The summed E-state index contributed by atoms with van der Waals surface area (Å²) in [5.74, 6) is 0. The summed E-state index contributed by atoms with van der Waals surface area (Å²) in [5.41, 5.74) is 1.43. The third-order valence-electron chi connectivity index (χ3n) is 2.37. The lowest BCUT2D eigenvalue weighted by molar-refractivity contribution is 0.914. The lowest BCUT2D eigenvalue weighted by atomic mass is 10.2. The first-order chi connectivity index (χ1) is 7.27. The Hall–Kier alpha value is -1.37. The zero-order valence-electron chi connectivity index (χ0n) is 7.57. The number of halogens is 1. The number of nitrogens with one attached hydrogen (secondary N) is 1. The molecule has 3 rings (SSSR count). The zero-order valence-corrected chi connectivity index (χ0v) is 9.72. The number of rotatable bonds is 0. The molecule has 0 aliphatic carbocycles. The molecule has 5 heteroatoms. The minimum atomic E-state index is -0.114. The van der Waals surface area contributed by atoms with Crippen molar-refractivity contribution in [3.05, 3.63) is 44.5 Å². The fourth-order valence-electron chi connectivity index (χ4n) is 1.69. The van der Waals surface area contributed by atoms with Gasteiger partial charge in [-0.05, 0) is 40.8 Å². The van der Waals surface area contributed by atoms with Crippen LogP contribution in [0.3, 0.4) is 0 Å². The van der Waals surface area contributed by atoms with E-state index in [0.29, 0.717) is 5.52 Å². The predicted molar refractivity (Wildman–Crippen MR) is 66.0 cm³/mol. The minimum absolute atomic E-state index is 0.114. The van der Waals surface area contributed by atoms with E-state index in [2.05, 4.69) is 32.7 Å². The summed E-state index contributed by atoms with van der Waals surface area (Å²) in [6.07, 6.45) is 1.41. The lowest BCUT2D eigenvalue weighted by Crippen LogP contribution is -2.09. The molecule has 0 saturated carbocycles.